The molecule has 0 aliphatic heterocycles. The summed E-state index contributed by atoms with van der Waals surface area (Å²) in [7, 11) is 3.04. The van der Waals surface area contributed by atoms with Crippen LogP contribution in [-0.4, -0.2) is 25.9 Å². The Kier molecular flexibility index (Phi) is 4.42. The van der Waals surface area contributed by atoms with Crippen LogP contribution in [0.3, 0.4) is 0 Å². The van der Waals surface area contributed by atoms with Crippen LogP contribution in [0.2, 0.25) is 0 Å². The van der Waals surface area contributed by atoms with Crippen molar-refractivity contribution in [3.63, 3.8) is 0 Å². The molecule has 0 amide bonds. The first-order valence-electron chi connectivity index (χ1n) is 4.14. The van der Waals surface area contributed by atoms with E-state index in [-0.39, 0.29) is 11.7 Å². The number of carbonyl (C=O) groups excluding carboxylic acids is 1. The fraction of sp³-hybridized carbons (Fsp3) is 0.300. The number of benzene rings is 1. The molecule has 0 aliphatic carbocycles. The molecular formula is C10H10BrClO3. The minimum Gasteiger partial charge on any atom is -0.496 e. The standard InChI is InChI=1S/C10H10BrClO3/c1-14-9-4-10(15-2)7(11)3-6(9)8(13)5-12/h3-4H,5H2,1-2H3. The second-order valence-electron chi connectivity index (χ2n) is 2.74. The second-order valence-corrected chi connectivity index (χ2v) is 3.87. The normalized spacial score (nSPS) is 9.87. The SMILES string of the molecule is COc1cc(OC)c(C(=O)CCl)cc1Br. The summed E-state index contributed by atoms with van der Waals surface area (Å²) in [6.07, 6.45) is 0. The van der Waals surface area contributed by atoms with E-state index in [1.807, 2.05) is 0 Å². The number of methoxy groups -OCH3 is 2. The Morgan fingerprint density at radius 2 is 1.93 bits per heavy atom. The quantitative estimate of drug-likeness (QED) is 0.632. The molecule has 15 heavy (non-hydrogen) atoms. The molecule has 1 aromatic rings. The van der Waals surface area contributed by atoms with Crippen LogP contribution in [0.1, 0.15) is 10.4 Å². The van der Waals surface area contributed by atoms with Gasteiger partial charge in [-0.25, -0.2) is 0 Å². The molecule has 0 saturated carbocycles. The number of ether oxygens (including phenoxy) is 2. The first-order valence-corrected chi connectivity index (χ1v) is 5.47. The number of carbonyl (C=O) groups is 1. The number of alkyl halides is 1. The van der Waals surface area contributed by atoms with Gasteiger partial charge in [-0.1, -0.05) is 0 Å². The van der Waals surface area contributed by atoms with Gasteiger partial charge in [0, 0.05) is 6.07 Å². The smallest absolute Gasteiger partial charge is 0.181 e. The van der Waals surface area contributed by atoms with E-state index in [2.05, 4.69) is 15.9 Å². The van der Waals surface area contributed by atoms with Crippen LogP contribution in [0.4, 0.5) is 0 Å². The molecule has 82 valence electrons. The predicted molar refractivity (Wildman–Crippen MR) is 62.3 cm³/mol. The van der Waals surface area contributed by atoms with Gasteiger partial charge in [-0.2, -0.15) is 0 Å². The molecule has 3 nitrogen and oxygen atoms in total. The number of hydrogen-bond acceptors (Lipinski definition) is 3. The van der Waals surface area contributed by atoms with Gasteiger partial charge in [-0.3, -0.25) is 4.79 Å². The summed E-state index contributed by atoms with van der Waals surface area (Å²) in [4.78, 5) is 11.5. The highest BCUT2D eigenvalue weighted by molar-refractivity contribution is 9.10. The van der Waals surface area contributed by atoms with E-state index in [0.29, 0.717) is 21.5 Å². The van der Waals surface area contributed by atoms with Gasteiger partial charge < -0.3 is 9.47 Å². The van der Waals surface area contributed by atoms with Crippen molar-refractivity contribution in [1.29, 1.82) is 0 Å². The molecule has 0 radical (unpaired) electrons. The van der Waals surface area contributed by atoms with E-state index in [1.54, 1.807) is 19.2 Å². The van der Waals surface area contributed by atoms with Gasteiger partial charge >= 0.3 is 0 Å². The molecular weight excluding hydrogens is 283 g/mol. The lowest BCUT2D eigenvalue weighted by atomic mass is 10.1. The zero-order chi connectivity index (χ0) is 11.4. The van der Waals surface area contributed by atoms with Crippen molar-refractivity contribution >= 4 is 33.3 Å². The highest BCUT2D eigenvalue weighted by Crippen LogP contribution is 2.33. The van der Waals surface area contributed by atoms with Gasteiger partial charge in [0.1, 0.15) is 11.5 Å². The van der Waals surface area contributed by atoms with Crippen molar-refractivity contribution in [3.8, 4) is 11.5 Å². The Labute approximate surface area is 101 Å². The largest absolute Gasteiger partial charge is 0.496 e. The molecule has 0 aliphatic rings. The molecule has 1 rings (SSSR count). The van der Waals surface area contributed by atoms with Gasteiger partial charge in [0.15, 0.2) is 5.78 Å². The maximum atomic E-state index is 11.5. The van der Waals surface area contributed by atoms with Gasteiger partial charge in [-0.05, 0) is 22.0 Å². The number of Topliss-reactive ketones (excluding diaryl/α,β-unsaturated/α-hetero) is 1. The van der Waals surface area contributed by atoms with Gasteiger partial charge in [0.05, 0.1) is 30.1 Å². The Balaban J connectivity index is 3.27. The molecule has 0 fully saturated rings. The third-order valence-corrected chi connectivity index (χ3v) is 2.76. The molecule has 0 aromatic heterocycles. The Hall–Kier alpha value is -0.740. The molecule has 0 unspecified atom stereocenters. The van der Waals surface area contributed by atoms with E-state index in [4.69, 9.17) is 21.1 Å². The second kappa shape index (κ2) is 5.37. The van der Waals surface area contributed by atoms with Gasteiger partial charge in [0.25, 0.3) is 0 Å². The minimum atomic E-state index is -0.183. The van der Waals surface area contributed by atoms with Crippen LogP contribution in [-0.2, 0) is 0 Å². The zero-order valence-electron chi connectivity index (χ0n) is 8.34. The molecule has 0 atom stereocenters. The summed E-state index contributed by atoms with van der Waals surface area (Å²) < 4.78 is 10.9. The average Bonchev–Trinajstić information content (AvgIpc) is 2.27. The number of rotatable bonds is 4. The van der Waals surface area contributed by atoms with Crippen molar-refractivity contribution in [1.82, 2.24) is 0 Å². The monoisotopic (exact) mass is 292 g/mol. The van der Waals surface area contributed by atoms with Crippen LogP contribution in [0.25, 0.3) is 0 Å². The van der Waals surface area contributed by atoms with E-state index < -0.39 is 0 Å². The average molecular weight is 294 g/mol. The van der Waals surface area contributed by atoms with E-state index in [9.17, 15) is 4.79 Å². The molecule has 0 bridgehead atoms. The van der Waals surface area contributed by atoms with Gasteiger partial charge in [-0.15, -0.1) is 11.6 Å². The maximum Gasteiger partial charge on any atom is 0.181 e. The van der Waals surface area contributed by atoms with Crippen molar-refractivity contribution in [2.45, 2.75) is 0 Å². The Bertz CT molecular complexity index is 379. The molecule has 0 heterocycles. The van der Waals surface area contributed by atoms with Crippen molar-refractivity contribution in [2.24, 2.45) is 0 Å². The predicted octanol–water partition coefficient (Wildman–Crippen LogP) is 2.89. The summed E-state index contributed by atoms with van der Waals surface area (Å²) in [5.41, 5.74) is 0.445. The first-order chi connectivity index (χ1) is 7.13. The summed E-state index contributed by atoms with van der Waals surface area (Å²) in [6, 6.07) is 3.28. The third kappa shape index (κ3) is 2.63. The summed E-state index contributed by atoms with van der Waals surface area (Å²) >= 11 is 8.78. The number of halogens is 2. The Morgan fingerprint density at radius 1 is 1.33 bits per heavy atom. The van der Waals surface area contributed by atoms with E-state index in [1.165, 1.54) is 7.11 Å². The lowest BCUT2D eigenvalue weighted by molar-refractivity contribution is 0.101. The third-order valence-electron chi connectivity index (χ3n) is 1.90. The van der Waals surface area contributed by atoms with Gasteiger partial charge in [0.2, 0.25) is 0 Å². The van der Waals surface area contributed by atoms with Crippen LogP contribution in [0.5, 0.6) is 11.5 Å². The number of ketones is 1. The molecule has 0 N–H and O–H groups in total. The van der Waals surface area contributed by atoms with Crippen molar-refractivity contribution < 1.29 is 14.3 Å². The van der Waals surface area contributed by atoms with E-state index in [0.717, 1.165) is 0 Å². The summed E-state index contributed by atoms with van der Waals surface area (Å²) in [6.45, 7) is 0. The maximum absolute atomic E-state index is 11.5. The number of hydrogen-bond donors (Lipinski definition) is 0. The molecule has 1 aromatic carbocycles. The van der Waals surface area contributed by atoms with Crippen molar-refractivity contribution in [2.75, 3.05) is 20.1 Å². The lowest BCUT2D eigenvalue weighted by Crippen LogP contribution is -2.04. The van der Waals surface area contributed by atoms with E-state index >= 15 is 0 Å². The minimum absolute atomic E-state index is 0.0743. The first kappa shape index (κ1) is 12.3. The van der Waals surface area contributed by atoms with Crippen LogP contribution in [0, 0.1) is 0 Å². The van der Waals surface area contributed by atoms with Crippen molar-refractivity contribution in [3.05, 3.63) is 22.2 Å². The van der Waals surface area contributed by atoms with Crippen LogP contribution in [0.15, 0.2) is 16.6 Å². The molecule has 0 saturated heterocycles. The molecule has 5 heteroatoms. The van der Waals surface area contributed by atoms with Crippen LogP contribution < -0.4 is 9.47 Å². The highest BCUT2D eigenvalue weighted by Gasteiger charge is 2.14. The zero-order valence-corrected chi connectivity index (χ0v) is 10.7. The summed E-state index contributed by atoms with van der Waals surface area (Å²) in [5.74, 6) is 0.810. The topological polar surface area (TPSA) is 35.5 Å². The fourth-order valence-electron chi connectivity index (χ4n) is 1.15. The Morgan fingerprint density at radius 3 is 2.40 bits per heavy atom. The molecule has 0 spiro atoms. The highest BCUT2D eigenvalue weighted by atomic mass is 79.9. The summed E-state index contributed by atoms with van der Waals surface area (Å²) in [5, 5.41) is 0. The van der Waals surface area contributed by atoms with Crippen LogP contribution >= 0.6 is 27.5 Å². The lowest BCUT2D eigenvalue weighted by Gasteiger charge is -2.10. The fourth-order valence-corrected chi connectivity index (χ4v) is 1.80.